The largest absolute Gasteiger partial charge is 0.324 e. The molecule has 3 amide bonds. The van der Waals surface area contributed by atoms with Crippen LogP contribution in [-0.4, -0.2) is 33.6 Å². The van der Waals surface area contributed by atoms with Crippen molar-refractivity contribution in [3.8, 4) is 0 Å². The second-order valence-electron chi connectivity index (χ2n) is 9.87. The summed E-state index contributed by atoms with van der Waals surface area (Å²) in [6.07, 6.45) is 9.73. The number of allylic oxidation sites excluding steroid dienone is 2. The fourth-order valence-corrected chi connectivity index (χ4v) is 6.51. The van der Waals surface area contributed by atoms with Crippen molar-refractivity contribution >= 4 is 34.3 Å². The molecule has 6 nitrogen and oxygen atoms in total. The monoisotopic (exact) mass is 429 g/mol. The van der Waals surface area contributed by atoms with Crippen molar-refractivity contribution in [3.05, 3.63) is 48.2 Å². The van der Waals surface area contributed by atoms with Crippen molar-refractivity contribution in [2.75, 3.05) is 5.32 Å². The van der Waals surface area contributed by atoms with Crippen molar-refractivity contribution in [3.63, 3.8) is 0 Å². The van der Waals surface area contributed by atoms with Crippen LogP contribution in [0.15, 0.2) is 42.6 Å². The smallest absolute Gasteiger partial charge is 0.233 e. The number of pyridine rings is 1. The van der Waals surface area contributed by atoms with E-state index in [9.17, 15) is 14.4 Å². The number of hydrogen-bond donors (Lipinski definition) is 1. The summed E-state index contributed by atoms with van der Waals surface area (Å²) in [6.45, 7) is 1.98. The highest BCUT2D eigenvalue weighted by atomic mass is 16.2. The lowest BCUT2D eigenvalue weighted by molar-refractivity contribution is -0.144. The van der Waals surface area contributed by atoms with Crippen LogP contribution < -0.4 is 5.32 Å². The molecule has 0 spiro atoms. The number of carbonyl (C=O) groups is 3. The number of nitrogens with zero attached hydrogens (tertiary/aromatic N) is 2. The van der Waals surface area contributed by atoms with Gasteiger partial charge in [0.15, 0.2) is 0 Å². The molecule has 4 atom stereocenters. The molecule has 164 valence electrons. The first-order chi connectivity index (χ1) is 15.5. The van der Waals surface area contributed by atoms with E-state index < -0.39 is 0 Å². The van der Waals surface area contributed by atoms with Gasteiger partial charge >= 0.3 is 0 Å². The fourth-order valence-electron chi connectivity index (χ4n) is 6.51. The molecule has 1 aromatic carbocycles. The van der Waals surface area contributed by atoms with Gasteiger partial charge in [0.2, 0.25) is 17.7 Å². The molecular weight excluding hydrogens is 402 g/mol. The van der Waals surface area contributed by atoms with Crippen molar-refractivity contribution < 1.29 is 14.4 Å². The number of fused-ring (bicyclic) bond motifs is 6. The SMILES string of the molecule is Cc1ccc2cccnc2c1NC(=O)C1CCC(N2C(=O)[C@@H]3[C@H](C2=O)[C@@H]2C=C[C@H]3C2)CC1. The molecule has 1 aliphatic heterocycles. The summed E-state index contributed by atoms with van der Waals surface area (Å²) in [5.74, 6) is 0.153. The molecule has 1 saturated heterocycles. The summed E-state index contributed by atoms with van der Waals surface area (Å²) < 4.78 is 0. The molecular formula is C26H27N3O3. The van der Waals surface area contributed by atoms with Gasteiger partial charge in [-0.25, -0.2) is 0 Å². The van der Waals surface area contributed by atoms with Crippen LogP contribution in [0.3, 0.4) is 0 Å². The minimum absolute atomic E-state index is 0.00268. The zero-order valence-corrected chi connectivity index (χ0v) is 18.2. The van der Waals surface area contributed by atoms with Crippen LogP contribution in [0.1, 0.15) is 37.7 Å². The maximum atomic E-state index is 13.1. The molecule has 32 heavy (non-hydrogen) atoms. The highest BCUT2D eigenvalue weighted by Gasteiger charge is 2.60. The Morgan fingerprint density at radius 1 is 1.00 bits per heavy atom. The summed E-state index contributed by atoms with van der Waals surface area (Å²) >= 11 is 0. The van der Waals surface area contributed by atoms with E-state index in [0.717, 1.165) is 28.6 Å². The number of likely N-dealkylation sites (tertiary alicyclic amines) is 1. The first-order valence-corrected chi connectivity index (χ1v) is 11.7. The molecule has 0 radical (unpaired) electrons. The van der Waals surface area contributed by atoms with Crippen molar-refractivity contribution in [1.29, 1.82) is 0 Å². The molecule has 2 bridgehead atoms. The van der Waals surface area contributed by atoms with Gasteiger partial charge in [-0.2, -0.15) is 0 Å². The molecule has 4 aliphatic rings. The topological polar surface area (TPSA) is 79.4 Å². The average Bonchev–Trinajstić information content (AvgIpc) is 3.49. The highest BCUT2D eigenvalue weighted by Crippen LogP contribution is 2.53. The molecule has 3 fully saturated rings. The lowest BCUT2D eigenvalue weighted by Gasteiger charge is -2.33. The minimum atomic E-state index is -0.139. The number of anilines is 1. The van der Waals surface area contributed by atoms with E-state index in [1.54, 1.807) is 11.1 Å². The predicted octanol–water partition coefficient (Wildman–Crippen LogP) is 3.85. The third-order valence-electron chi connectivity index (χ3n) is 8.17. The van der Waals surface area contributed by atoms with Crippen LogP contribution in [0.4, 0.5) is 5.69 Å². The number of nitrogens with one attached hydrogen (secondary N) is 1. The third kappa shape index (κ3) is 2.85. The molecule has 1 N–H and O–H groups in total. The average molecular weight is 430 g/mol. The molecule has 2 heterocycles. The van der Waals surface area contributed by atoms with Gasteiger partial charge in [0.05, 0.1) is 23.0 Å². The van der Waals surface area contributed by atoms with Crippen molar-refractivity contribution in [2.45, 2.75) is 45.1 Å². The van der Waals surface area contributed by atoms with E-state index in [4.69, 9.17) is 0 Å². The number of imide groups is 1. The number of carbonyl (C=O) groups excluding carboxylic acids is 3. The highest BCUT2D eigenvalue weighted by molar-refractivity contribution is 6.07. The zero-order valence-electron chi connectivity index (χ0n) is 18.2. The van der Waals surface area contributed by atoms with Crippen molar-refractivity contribution in [1.82, 2.24) is 9.88 Å². The summed E-state index contributed by atoms with van der Waals surface area (Å²) in [5, 5.41) is 4.12. The Labute approximate surface area is 187 Å². The minimum Gasteiger partial charge on any atom is -0.324 e. The molecule has 6 heteroatoms. The number of aromatic nitrogens is 1. The van der Waals surface area contributed by atoms with Crippen LogP contribution in [0, 0.1) is 36.5 Å². The quantitative estimate of drug-likeness (QED) is 0.594. The molecule has 1 aromatic heterocycles. The van der Waals surface area contributed by atoms with E-state index in [-0.39, 0.29) is 53.4 Å². The van der Waals surface area contributed by atoms with Gasteiger partial charge in [0.1, 0.15) is 0 Å². The van der Waals surface area contributed by atoms with Crippen LogP contribution in [0.5, 0.6) is 0 Å². The maximum absolute atomic E-state index is 13.1. The van der Waals surface area contributed by atoms with Gasteiger partial charge in [0, 0.05) is 23.5 Å². The van der Waals surface area contributed by atoms with Crippen LogP contribution in [0.25, 0.3) is 10.9 Å². The fraction of sp³-hybridized carbons (Fsp3) is 0.462. The number of rotatable bonds is 3. The van der Waals surface area contributed by atoms with Crippen LogP contribution in [0.2, 0.25) is 0 Å². The van der Waals surface area contributed by atoms with Gasteiger partial charge < -0.3 is 5.32 Å². The first-order valence-electron chi connectivity index (χ1n) is 11.7. The lowest BCUT2D eigenvalue weighted by atomic mass is 9.84. The molecule has 0 unspecified atom stereocenters. The second kappa shape index (κ2) is 7.26. The van der Waals surface area contributed by atoms with E-state index in [1.807, 2.05) is 31.2 Å². The molecule has 3 aliphatic carbocycles. The second-order valence-corrected chi connectivity index (χ2v) is 9.87. The van der Waals surface area contributed by atoms with E-state index >= 15 is 0 Å². The summed E-state index contributed by atoms with van der Waals surface area (Å²) in [5.41, 5.74) is 2.56. The van der Waals surface area contributed by atoms with E-state index in [2.05, 4.69) is 22.5 Å². The van der Waals surface area contributed by atoms with Crippen LogP contribution >= 0.6 is 0 Å². The van der Waals surface area contributed by atoms with E-state index in [1.165, 1.54) is 0 Å². The Hall–Kier alpha value is -3.02. The van der Waals surface area contributed by atoms with E-state index in [0.29, 0.717) is 25.7 Å². The molecule has 2 saturated carbocycles. The third-order valence-corrected chi connectivity index (χ3v) is 8.17. The van der Waals surface area contributed by atoms with Gasteiger partial charge in [-0.15, -0.1) is 0 Å². The van der Waals surface area contributed by atoms with Crippen molar-refractivity contribution in [2.24, 2.45) is 29.6 Å². The number of amides is 3. The van der Waals surface area contributed by atoms with Crippen LogP contribution in [-0.2, 0) is 14.4 Å². The van der Waals surface area contributed by atoms with Gasteiger partial charge in [0.25, 0.3) is 0 Å². The van der Waals surface area contributed by atoms with Gasteiger partial charge in [-0.05, 0) is 62.5 Å². The lowest BCUT2D eigenvalue weighted by Crippen LogP contribution is -2.44. The summed E-state index contributed by atoms with van der Waals surface area (Å²) in [7, 11) is 0. The van der Waals surface area contributed by atoms with Gasteiger partial charge in [-0.1, -0.05) is 30.4 Å². The van der Waals surface area contributed by atoms with Gasteiger partial charge in [-0.3, -0.25) is 24.3 Å². The number of benzene rings is 1. The Bertz CT molecular complexity index is 1130. The standard InChI is InChI=1S/C26H27N3O3/c1-14-4-5-15-3-2-12-27-23(15)22(14)28-24(30)16-8-10-19(11-9-16)29-25(31)20-17-6-7-18(13-17)21(20)26(29)32/h2-7,12,16-21H,8-11,13H2,1H3,(H,28,30)/t16?,17-,18+,19?,20-,21+. The Balaban J connectivity index is 1.13. The number of hydrogen-bond acceptors (Lipinski definition) is 4. The molecule has 2 aromatic rings. The predicted molar refractivity (Wildman–Crippen MR) is 120 cm³/mol. The molecule has 6 rings (SSSR count). The Morgan fingerprint density at radius 2 is 1.69 bits per heavy atom. The first kappa shape index (κ1) is 19.6. The maximum Gasteiger partial charge on any atom is 0.233 e. The Morgan fingerprint density at radius 3 is 2.38 bits per heavy atom. The number of aryl methyl sites for hydroxylation is 1. The zero-order chi connectivity index (χ0) is 22.0. The summed E-state index contributed by atoms with van der Waals surface area (Å²) in [4.78, 5) is 45.3. The Kier molecular flexibility index (Phi) is 4.46. The normalized spacial score (nSPS) is 33.2. The summed E-state index contributed by atoms with van der Waals surface area (Å²) in [6, 6.07) is 7.83.